The second-order valence-electron chi connectivity index (χ2n) is 4.94. The Bertz CT molecular complexity index is 920. The van der Waals surface area contributed by atoms with E-state index in [9.17, 15) is 16.8 Å². The maximum Gasteiger partial charge on any atom is 0.261 e. The van der Waals surface area contributed by atoms with E-state index in [2.05, 4.69) is 4.72 Å². The fraction of sp³-hybridized carbons (Fsp3) is 0.200. The fourth-order valence-electron chi connectivity index (χ4n) is 1.90. The van der Waals surface area contributed by atoms with Gasteiger partial charge in [0, 0.05) is 5.02 Å². The molecule has 0 aromatic heterocycles. The van der Waals surface area contributed by atoms with E-state index >= 15 is 0 Å². The lowest BCUT2D eigenvalue weighted by atomic mass is 10.2. The topological polar surface area (TPSA) is 80.3 Å². The average molecular weight is 374 g/mol. The number of rotatable bonds is 5. The SMILES string of the molecule is CCS(=O)(=O)c1ccc(S(=O)(=O)Nc2cc(Cl)ccc2C)cc1. The zero-order valence-corrected chi connectivity index (χ0v) is 15.0. The van der Waals surface area contributed by atoms with Gasteiger partial charge in [-0.15, -0.1) is 0 Å². The Morgan fingerprint density at radius 1 is 0.957 bits per heavy atom. The number of hydrogen-bond donors (Lipinski definition) is 1. The van der Waals surface area contributed by atoms with E-state index in [0.717, 1.165) is 5.56 Å². The van der Waals surface area contributed by atoms with Gasteiger partial charge >= 0.3 is 0 Å². The second kappa shape index (κ2) is 6.51. The highest BCUT2D eigenvalue weighted by Gasteiger charge is 2.18. The molecule has 8 heteroatoms. The third kappa shape index (κ3) is 4.04. The summed E-state index contributed by atoms with van der Waals surface area (Å²) in [5.74, 6) is -0.0426. The zero-order chi connectivity index (χ0) is 17.3. The molecule has 23 heavy (non-hydrogen) atoms. The molecule has 2 aromatic rings. The highest BCUT2D eigenvalue weighted by atomic mass is 35.5. The lowest BCUT2D eigenvalue weighted by Gasteiger charge is -2.11. The van der Waals surface area contributed by atoms with Crippen molar-refractivity contribution < 1.29 is 16.8 Å². The molecule has 0 aliphatic heterocycles. The van der Waals surface area contributed by atoms with Crippen LogP contribution >= 0.6 is 11.6 Å². The van der Waals surface area contributed by atoms with E-state index in [4.69, 9.17) is 11.6 Å². The summed E-state index contributed by atoms with van der Waals surface area (Å²) in [5, 5.41) is 0.415. The van der Waals surface area contributed by atoms with E-state index in [1.165, 1.54) is 37.3 Å². The van der Waals surface area contributed by atoms with Crippen molar-refractivity contribution in [3.63, 3.8) is 0 Å². The summed E-state index contributed by atoms with van der Waals surface area (Å²) in [7, 11) is -7.19. The predicted octanol–water partition coefficient (Wildman–Crippen LogP) is 3.24. The third-order valence-corrected chi connectivity index (χ3v) is 6.68. The lowest BCUT2D eigenvalue weighted by Crippen LogP contribution is -2.14. The maximum atomic E-state index is 12.4. The number of sulfone groups is 1. The number of aryl methyl sites for hydroxylation is 1. The van der Waals surface area contributed by atoms with Crippen LogP contribution in [-0.2, 0) is 19.9 Å². The van der Waals surface area contributed by atoms with Crippen molar-refractivity contribution in [2.24, 2.45) is 0 Å². The maximum absolute atomic E-state index is 12.4. The highest BCUT2D eigenvalue weighted by molar-refractivity contribution is 7.92. The van der Waals surface area contributed by atoms with Gasteiger partial charge in [0.25, 0.3) is 10.0 Å². The molecule has 0 saturated carbocycles. The molecule has 2 aromatic carbocycles. The van der Waals surface area contributed by atoms with Gasteiger partial charge in [0.2, 0.25) is 0 Å². The molecule has 0 bridgehead atoms. The molecular weight excluding hydrogens is 358 g/mol. The van der Waals surface area contributed by atoms with Gasteiger partial charge in [0.15, 0.2) is 9.84 Å². The number of nitrogens with one attached hydrogen (secondary N) is 1. The van der Waals surface area contributed by atoms with Gasteiger partial charge in [-0.05, 0) is 48.9 Å². The summed E-state index contributed by atoms with van der Waals surface area (Å²) in [6.45, 7) is 3.29. The van der Waals surface area contributed by atoms with Crippen molar-refractivity contribution in [2.75, 3.05) is 10.5 Å². The second-order valence-corrected chi connectivity index (χ2v) is 9.34. The van der Waals surface area contributed by atoms with Crippen LogP contribution in [0, 0.1) is 6.92 Å². The van der Waals surface area contributed by atoms with Crippen LogP contribution in [0.5, 0.6) is 0 Å². The summed E-state index contributed by atoms with van der Waals surface area (Å²) in [5.41, 5.74) is 1.10. The molecule has 0 spiro atoms. The molecule has 0 aliphatic carbocycles. The van der Waals surface area contributed by atoms with Gasteiger partial charge in [-0.3, -0.25) is 4.72 Å². The van der Waals surface area contributed by atoms with E-state index in [1.807, 2.05) is 0 Å². The molecule has 0 heterocycles. The van der Waals surface area contributed by atoms with Crippen LogP contribution in [0.25, 0.3) is 0 Å². The molecule has 2 rings (SSSR count). The molecular formula is C15H16ClNO4S2. The normalized spacial score (nSPS) is 12.1. The van der Waals surface area contributed by atoms with Crippen LogP contribution in [0.1, 0.15) is 12.5 Å². The summed E-state index contributed by atoms with van der Waals surface area (Å²) in [4.78, 5) is 0.0739. The Kier molecular flexibility index (Phi) is 5.03. The minimum atomic E-state index is -3.83. The Morgan fingerprint density at radius 2 is 1.52 bits per heavy atom. The Morgan fingerprint density at radius 3 is 2.09 bits per heavy atom. The molecule has 5 nitrogen and oxygen atoms in total. The molecule has 1 N–H and O–H groups in total. The van der Waals surface area contributed by atoms with Gasteiger partial charge < -0.3 is 0 Å². The standard InChI is InChI=1S/C15H16ClNO4S2/c1-3-22(18,19)13-6-8-14(9-7-13)23(20,21)17-15-10-12(16)5-4-11(15)2/h4-10,17H,3H2,1-2H3. The summed E-state index contributed by atoms with van der Waals surface area (Å²) < 4.78 is 50.7. The summed E-state index contributed by atoms with van der Waals surface area (Å²) >= 11 is 5.88. The van der Waals surface area contributed by atoms with Crippen LogP contribution < -0.4 is 4.72 Å². The average Bonchev–Trinajstić information content (AvgIpc) is 2.51. The largest absolute Gasteiger partial charge is 0.279 e. The highest BCUT2D eigenvalue weighted by Crippen LogP contribution is 2.24. The monoisotopic (exact) mass is 373 g/mol. The van der Waals surface area contributed by atoms with E-state index in [1.54, 1.807) is 19.1 Å². The van der Waals surface area contributed by atoms with Crippen LogP contribution in [0.2, 0.25) is 5.02 Å². The Labute approximate surface area is 141 Å². The first-order chi connectivity index (χ1) is 10.7. The summed E-state index contributed by atoms with van der Waals surface area (Å²) in [6, 6.07) is 10.0. The van der Waals surface area contributed by atoms with E-state index < -0.39 is 19.9 Å². The van der Waals surface area contributed by atoms with Gasteiger partial charge in [-0.25, -0.2) is 16.8 Å². The Balaban J connectivity index is 2.35. The molecule has 0 amide bonds. The molecule has 0 aliphatic rings. The lowest BCUT2D eigenvalue weighted by molar-refractivity contribution is 0.595. The number of halogens is 1. The fourth-order valence-corrected chi connectivity index (χ4v) is 4.08. The number of anilines is 1. The first kappa shape index (κ1) is 17.8. The van der Waals surface area contributed by atoms with E-state index in [-0.39, 0.29) is 15.5 Å². The first-order valence-corrected chi connectivity index (χ1v) is 10.3. The van der Waals surface area contributed by atoms with Gasteiger partial charge in [0.1, 0.15) is 0 Å². The molecule has 0 saturated heterocycles. The van der Waals surface area contributed by atoms with Gasteiger partial charge in [0.05, 0.1) is 21.2 Å². The molecule has 0 atom stereocenters. The van der Waals surface area contributed by atoms with Crippen molar-refractivity contribution >= 4 is 37.1 Å². The quantitative estimate of drug-likeness (QED) is 0.872. The van der Waals surface area contributed by atoms with Crippen molar-refractivity contribution in [2.45, 2.75) is 23.6 Å². The van der Waals surface area contributed by atoms with Crippen LogP contribution in [0.3, 0.4) is 0 Å². The smallest absolute Gasteiger partial charge is 0.261 e. The molecule has 124 valence electrons. The van der Waals surface area contributed by atoms with Crippen LogP contribution in [0.4, 0.5) is 5.69 Å². The molecule has 0 unspecified atom stereocenters. The van der Waals surface area contributed by atoms with Gasteiger partial charge in [-0.1, -0.05) is 24.6 Å². The Hall–Kier alpha value is -1.57. The minimum Gasteiger partial charge on any atom is -0.279 e. The third-order valence-electron chi connectivity index (χ3n) is 3.32. The van der Waals surface area contributed by atoms with Crippen LogP contribution in [0.15, 0.2) is 52.3 Å². The van der Waals surface area contributed by atoms with Crippen molar-refractivity contribution in [1.29, 1.82) is 0 Å². The molecule has 0 fully saturated rings. The van der Waals surface area contributed by atoms with Crippen molar-refractivity contribution in [3.8, 4) is 0 Å². The number of benzene rings is 2. The minimum absolute atomic E-state index is 0.0214. The first-order valence-electron chi connectivity index (χ1n) is 6.77. The summed E-state index contributed by atoms with van der Waals surface area (Å²) in [6.07, 6.45) is 0. The van der Waals surface area contributed by atoms with Gasteiger partial charge in [-0.2, -0.15) is 0 Å². The predicted molar refractivity (Wildman–Crippen MR) is 91.2 cm³/mol. The van der Waals surface area contributed by atoms with Crippen molar-refractivity contribution in [1.82, 2.24) is 0 Å². The zero-order valence-electron chi connectivity index (χ0n) is 12.6. The van der Waals surface area contributed by atoms with E-state index in [0.29, 0.717) is 10.7 Å². The molecule has 0 radical (unpaired) electrons. The van der Waals surface area contributed by atoms with Crippen LogP contribution in [-0.4, -0.2) is 22.6 Å². The number of sulfonamides is 1. The van der Waals surface area contributed by atoms with Crippen molar-refractivity contribution in [3.05, 3.63) is 53.1 Å². The number of hydrogen-bond acceptors (Lipinski definition) is 4.